The van der Waals surface area contributed by atoms with E-state index < -0.39 is 5.97 Å². The fourth-order valence-corrected chi connectivity index (χ4v) is 6.86. The average molecular weight is 659 g/mol. The number of likely N-dealkylation sites (N-methyl/N-ethyl adjacent to an activating group) is 1. The number of methoxy groups -OCH3 is 1. The molecular formula is C37H50N6O5. The van der Waals surface area contributed by atoms with E-state index in [1.165, 1.54) is 13.2 Å². The molecule has 11 heteroatoms. The molecule has 1 N–H and O–H groups in total. The molecule has 2 unspecified atom stereocenters. The molecule has 2 aliphatic rings. The van der Waals surface area contributed by atoms with Gasteiger partial charge in [-0.25, -0.2) is 9.59 Å². The number of hydrogen-bond donors (Lipinski definition) is 1. The van der Waals surface area contributed by atoms with Crippen LogP contribution < -0.4 is 10.2 Å². The van der Waals surface area contributed by atoms with Crippen LogP contribution in [0.5, 0.6) is 0 Å². The molecular weight excluding hydrogens is 608 g/mol. The van der Waals surface area contributed by atoms with Crippen molar-refractivity contribution in [1.29, 1.82) is 0 Å². The lowest BCUT2D eigenvalue weighted by Crippen LogP contribution is -2.49. The van der Waals surface area contributed by atoms with E-state index in [-0.39, 0.29) is 35.8 Å². The number of rotatable bonds is 11. The van der Waals surface area contributed by atoms with Crippen molar-refractivity contribution < 1.29 is 23.9 Å². The molecule has 0 radical (unpaired) electrons. The van der Waals surface area contributed by atoms with Gasteiger partial charge in [-0.1, -0.05) is 31.2 Å². The van der Waals surface area contributed by atoms with Crippen LogP contribution in [0.1, 0.15) is 44.6 Å². The molecule has 1 aromatic heterocycles. The first-order valence-corrected chi connectivity index (χ1v) is 17.0. The number of likely N-dealkylation sites (tertiary alicyclic amines) is 1. The second-order valence-electron chi connectivity index (χ2n) is 13.5. The fourth-order valence-electron chi connectivity index (χ4n) is 6.86. The Kier molecular flexibility index (Phi) is 11.9. The zero-order chi connectivity index (χ0) is 34.2. The minimum absolute atomic E-state index is 0.0798. The van der Waals surface area contributed by atoms with Gasteiger partial charge in [0.1, 0.15) is 0 Å². The summed E-state index contributed by atoms with van der Waals surface area (Å²) in [6.45, 7) is 5.50. The van der Waals surface area contributed by atoms with Crippen LogP contribution in [0.15, 0.2) is 54.7 Å². The second-order valence-corrected chi connectivity index (χ2v) is 13.5. The molecule has 1 aliphatic heterocycles. The molecule has 3 amide bonds. The molecule has 1 aliphatic carbocycles. The number of urea groups is 1. The maximum absolute atomic E-state index is 14.3. The number of piperidine rings is 1. The summed E-state index contributed by atoms with van der Waals surface area (Å²) >= 11 is 0. The lowest BCUT2D eigenvalue weighted by Gasteiger charge is -2.40. The lowest BCUT2D eigenvalue weighted by atomic mass is 9.84. The van der Waals surface area contributed by atoms with Crippen molar-refractivity contribution in [2.24, 2.45) is 24.8 Å². The summed E-state index contributed by atoms with van der Waals surface area (Å²) in [4.78, 5) is 45.4. The van der Waals surface area contributed by atoms with E-state index in [4.69, 9.17) is 9.47 Å². The summed E-state index contributed by atoms with van der Waals surface area (Å²) in [6.07, 6.45) is 9.19. The van der Waals surface area contributed by atoms with Crippen molar-refractivity contribution in [3.8, 4) is 0 Å². The molecule has 2 atom stereocenters. The van der Waals surface area contributed by atoms with Gasteiger partial charge in [0.05, 0.1) is 37.2 Å². The monoisotopic (exact) mass is 658 g/mol. The Labute approximate surface area is 283 Å². The number of aryl methyl sites for hydroxylation is 1. The van der Waals surface area contributed by atoms with Crippen molar-refractivity contribution in [1.82, 2.24) is 19.6 Å². The number of esters is 1. The minimum atomic E-state index is -0.431. The number of nitrogens with one attached hydrogen (secondary N) is 1. The van der Waals surface area contributed by atoms with Crippen LogP contribution in [0.2, 0.25) is 0 Å². The maximum Gasteiger partial charge on any atom is 0.330 e. The third kappa shape index (κ3) is 8.82. The van der Waals surface area contributed by atoms with Crippen LogP contribution in [0.4, 0.5) is 16.2 Å². The average Bonchev–Trinajstić information content (AvgIpc) is 3.47. The Morgan fingerprint density at radius 3 is 2.56 bits per heavy atom. The molecule has 1 saturated heterocycles. The van der Waals surface area contributed by atoms with E-state index in [0.717, 1.165) is 66.5 Å². The van der Waals surface area contributed by atoms with Crippen LogP contribution in [0.3, 0.4) is 0 Å². The summed E-state index contributed by atoms with van der Waals surface area (Å²) in [5.41, 5.74) is 3.26. The molecule has 48 heavy (non-hydrogen) atoms. The highest BCUT2D eigenvalue weighted by atomic mass is 16.5. The Hall–Kier alpha value is -4.22. The van der Waals surface area contributed by atoms with Crippen LogP contribution in [0, 0.1) is 17.8 Å². The third-order valence-corrected chi connectivity index (χ3v) is 9.77. The van der Waals surface area contributed by atoms with Crippen LogP contribution in [-0.2, 0) is 26.1 Å². The molecule has 1 saturated carbocycles. The number of nitrogens with zero attached hydrogens (tertiary/aromatic N) is 5. The largest absolute Gasteiger partial charge is 0.466 e. The molecule has 11 nitrogen and oxygen atoms in total. The number of ether oxygens (including phenoxy) is 2. The number of amides is 3. The Balaban J connectivity index is 1.27. The SMILES string of the molecule is COC(=O)/C=C/c1cccc(N(CC2CCN(C(=O)Nc3cccc4cnn(C)c34)CC2C)C(=O)C2CCC(OCCN(C)C)CC2)c1. The first-order valence-electron chi connectivity index (χ1n) is 17.0. The van der Waals surface area contributed by atoms with Gasteiger partial charge < -0.3 is 29.5 Å². The van der Waals surface area contributed by atoms with Crippen LogP contribution in [0.25, 0.3) is 17.0 Å². The quantitative estimate of drug-likeness (QED) is 0.217. The maximum atomic E-state index is 14.3. The van der Waals surface area contributed by atoms with Gasteiger partial charge in [-0.15, -0.1) is 0 Å². The van der Waals surface area contributed by atoms with E-state index in [2.05, 4.69) is 22.2 Å². The van der Waals surface area contributed by atoms with E-state index in [1.807, 2.05) is 73.4 Å². The molecule has 0 spiro atoms. The topological polar surface area (TPSA) is 109 Å². The summed E-state index contributed by atoms with van der Waals surface area (Å²) in [5, 5.41) is 8.42. The Morgan fingerprint density at radius 1 is 1.06 bits per heavy atom. The van der Waals surface area contributed by atoms with Gasteiger partial charge in [0, 0.05) is 56.3 Å². The van der Waals surface area contributed by atoms with Gasteiger partial charge in [0.2, 0.25) is 5.91 Å². The standard InChI is InChI=1S/C37H50N6O5/c1-26-24-42(37(46)39-33-11-7-9-29-23-38-41(4)35(29)33)19-18-30(26)25-43(31-10-6-8-27(22-31)12-17-34(44)47-5)36(45)28-13-15-32(16-14-28)48-21-20-40(2)3/h6-12,17,22-23,26,28,30,32H,13-16,18-21,24-25H2,1-5H3,(H,39,46)/b17-12+. The second kappa shape index (κ2) is 16.3. The zero-order valence-electron chi connectivity index (χ0n) is 28.9. The number of aromatic nitrogens is 2. The minimum Gasteiger partial charge on any atom is -0.466 e. The zero-order valence-corrected chi connectivity index (χ0v) is 28.9. The highest BCUT2D eigenvalue weighted by Crippen LogP contribution is 2.33. The number of hydrogen-bond acceptors (Lipinski definition) is 7. The lowest BCUT2D eigenvalue weighted by molar-refractivity contribution is -0.134. The van der Waals surface area contributed by atoms with Gasteiger partial charge in [-0.3, -0.25) is 9.48 Å². The van der Waals surface area contributed by atoms with E-state index >= 15 is 0 Å². The number of carbonyl (C=O) groups excluding carboxylic acids is 3. The number of benzene rings is 2. The van der Waals surface area contributed by atoms with Gasteiger partial charge in [-0.05, 0) is 87.9 Å². The molecule has 2 aromatic carbocycles. The van der Waals surface area contributed by atoms with Gasteiger partial charge in [0.25, 0.3) is 0 Å². The fraction of sp³-hybridized carbons (Fsp3) is 0.514. The predicted molar refractivity (Wildman–Crippen MR) is 189 cm³/mol. The summed E-state index contributed by atoms with van der Waals surface area (Å²) in [7, 11) is 7.30. The van der Waals surface area contributed by atoms with Gasteiger partial charge in [0.15, 0.2) is 0 Å². The third-order valence-electron chi connectivity index (χ3n) is 9.77. The predicted octanol–water partition coefficient (Wildman–Crippen LogP) is 5.42. The van der Waals surface area contributed by atoms with Gasteiger partial charge >= 0.3 is 12.0 Å². The molecule has 3 aromatic rings. The number of para-hydroxylation sites is 1. The molecule has 5 rings (SSSR count). The number of anilines is 2. The van der Waals surface area contributed by atoms with Crippen molar-refractivity contribution >= 4 is 46.3 Å². The van der Waals surface area contributed by atoms with E-state index in [0.29, 0.717) is 26.2 Å². The van der Waals surface area contributed by atoms with Crippen molar-refractivity contribution in [3.05, 3.63) is 60.3 Å². The van der Waals surface area contributed by atoms with Crippen molar-refractivity contribution in [2.75, 3.05) is 64.2 Å². The first kappa shape index (κ1) is 35.1. The van der Waals surface area contributed by atoms with Gasteiger partial charge in [-0.2, -0.15) is 5.10 Å². The van der Waals surface area contributed by atoms with Crippen LogP contribution >= 0.6 is 0 Å². The summed E-state index contributed by atoms with van der Waals surface area (Å²) in [6, 6.07) is 13.4. The van der Waals surface area contributed by atoms with E-state index in [1.54, 1.807) is 17.0 Å². The number of carbonyl (C=O) groups is 3. The molecule has 0 bridgehead atoms. The van der Waals surface area contributed by atoms with Crippen LogP contribution in [-0.4, -0.2) is 97.6 Å². The van der Waals surface area contributed by atoms with Crippen molar-refractivity contribution in [3.63, 3.8) is 0 Å². The summed E-state index contributed by atoms with van der Waals surface area (Å²) < 4.78 is 12.6. The number of fused-ring (bicyclic) bond motifs is 1. The normalized spacial score (nSPS) is 21.5. The highest BCUT2D eigenvalue weighted by Gasteiger charge is 2.35. The first-order chi connectivity index (χ1) is 23.1. The molecule has 2 heterocycles. The Bertz CT molecular complexity index is 1590. The highest BCUT2D eigenvalue weighted by molar-refractivity contribution is 6.00. The summed E-state index contributed by atoms with van der Waals surface area (Å²) in [5.74, 6) is 0.00451. The molecule has 2 fully saturated rings. The smallest absolute Gasteiger partial charge is 0.330 e. The van der Waals surface area contributed by atoms with Crippen molar-refractivity contribution in [2.45, 2.75) is 45.1 Å². The van der Waals surface area contributed by atoms with E-state index in [9.17, 15) is 14.4 Å². The molecule has 258 valence electrons. The Morgan fingerprint density at radius 2 is 1.83 bits per heavy atom.